The van der Waals surface area contributed by atoms with E-state index in [1.807, 2.05) is 11.9 Å². The molecule has 2 aliphatic rings. The topological polar surface area (TPSA) is 15.7 Å². The Labute approximate surface area is 203 Å². The Bertz CT molecular complexity index is 857. The van der Waals surface area contributed by atoms with Gasteiger partial charge in [-0.05, 0) is 112 Å². The minimum absolute atomic E-state index is 0.527. The number of likely N-dealkylation sites (tertiary alicyclic amines) is 1. The third kappa shape index (κ3) is 7.21. The molecule has 0 aliphatic carbocycles. The summed E-state index contributed by atoms with van der Waals surface area (Å²) in [5.41, 5.74) is 1.34. The molecule has 180 valence electrons. The predicted molar refractivity (Wildman–Crippen MR) is 138 cm³/mol. The molecule has 2 saturated heterocycles. The summed E-state index contributed by atoms with van der Waals surface area (Å²) in [6.45, 7) is 10.0. The van der Waals surface area contributed by atoms with Crippen molar-refractivity contribution in [2.75, 3.05) is 32.8 Å². The number of benzene rings is 2. The van der Waals surface area contributed by atoms with Crippen LogP contribution in [0.4, 0.5) is 4.39 Å². The summed E-state index contributed by atoms with van der Waals surface area (Å²) >= 11 is 1.90. The minimum atomic E-state index is -1.11. The van der Waals surface area contributed by atoms with E-state index in [1.54, 1.807) is 13.8 Å². The first-order valence-electron chi connectivity index (χ1n) is 12.6. The summed E-state index contributed by atoms with van der Waals surface area (Å²) in [6, 6.07) is 18.1. The van der Waals surface area contributed by atoms with E-state index in [1.165, 1.54) is 41.8 Å². The van der Waals surface area contributed by atoms with Crippen LogP contribution in [-0.2, 0) is 0 Å². The second-order valence-corrected chi connectivity index (χ2v) is 11.4. The van der Waals surface area contributed by atoms with Gasteiger partial charge in [0.25, 0.3) is 0 Å². The average Bonchev–Trinajstić information content (AvgIpc) is 3.26. The molecular weight excluding hydrogens is 431 g/mol. The fraction of sp³-hybridized carbons (Fsp3) is 0.571. The van der Waals surface area contributed by atoms with E-state index < -0.39 is 5.67 Å². The van der Waals surface area contributed by atoms with Gasteiger partial charge in [-0.1, -0.05) is 31.2 Å². The van der Waals surface area contributed by atoms with Gasteiger partial charge in [0.1, 0.15) is 11.4 Å². The standard InChI is InChI=1S/C28H39FN2OS/c1-4-25-6-5-17-31(25)33-27-13-9-24(10-14-27)23-7-11-26(12-8-23)32-20-22-15-18-30(19-16-22)21-28(2,3)29/h7-14,22,25H,4-6,15-21H2,1-3H3. The third-order valence-corrected chi connectivity index (χ3v) is 8.05. The first-order chi connectivity index (χ1) is 15.9. The summed E-state index contributed by atoms with van der Waals surface area (Å²) in [7, 11) is 0. The first kappa shape index (κ1) is 24.6. The first-order valence-corrected chi connectivity index (χ1v) is 13.4. The fourth-order valence-corrected chi connectivity index (χ4v) is 6.13. The maximum atomic E-state index is 13.9. The van der Waals surface area contributed by atoms with Crippen LogP contribution in [0.1, 0.15) is 52.9 Å². The van der Waals surface area contributed by atoms with E-state index >= 15 is 0 Å². The van der Waals surface area contributed by atoms with Gasteiger partial charge in [-0.3, -0.25) is 0 Å². The molecule has 1 atom stereocenters. The molecular formula is C28H39FN2OS. The van der Waals surface area contributed by atoms with Gasteiger partial charge in [0.05, 0.1) is 6.61 Å². The van der Waals surface area contributed by atoms with Crippen LogP contribution in [0, 0.1) is 5.92 Å². The van der Waals surface area contributed by atoms with Crippen LogP contribution in [0.3, 0.4) is 0 Å². The van der Waals surface area contributed by atoms with Crippen LogP contribution in [-0.4, -0.2) is 53.7 Å². The smallest absolute Gasteiger partial charge is 0.119 e. The number of nitrogens with zero attached hydrogens (tertiary/aromatic N) is 2. The molecule has 0 spiro atoms. The quantitative estimate of drug-likeness (QED) is 0.364. The summed E-state index contributed by atoms with van der Waals surface area (Å²) in [5.74, 6) is 1.48. The van der Waals surface area contributed by atoms with Crippen molar-refractivity contribution in [3.63, 3.8) is 0 Å². The minimum Gasteiger partial charge on any atom is -0.493 e. The van der Waals surface area contributed by atoms with Gasteiger partial charge in [0, 0.05) is 24.0 Å². The molecule has 0 bridgehead atoms. The van der Waals surface area contributed by atoms with Crippen molar-refractivity contribution in [3.8, 4) is 16.9 Å². The largest absolute Gasteiger partial charge is 0.493 e. The van der Waals surface area contributed by atoms with Crippen molar-refractivity contribution in [1.29, 1.82) is 0 Å². The normalized spacial score (nSPS) is 20.9. The second kappa shape index (κ2) is 11.2. The van der Waals surface area contributed by atoms with Gasteiger partial charge < -0.3 is 9.64 Å². The maximum absolute atomic E-state index is 13.9. The molecule has 1 unspecified atom stereocenters. The number of hydrogen-bond donors (Lipinski definition) is 0. The van der Waals surface area contributed by atoms with Gasteiger partial charge in [0.15, 0.2) is 0 Å². The highest BCUT2D eigenvalue weighted by Crippen LogP contribution is 2.33. The number of halogens is 1. The monoisotopic (exact) mass is 470 g/mol. The molecule has 4 rings (SSSR count). The molecule has 0 radical (unpaired) electrons. The Morgan fingerprint density at radius 2 is 1.58 bits per heavy atom. The molecule has 5 heteroatoms. The fourth-order valence-electron chi connectivity index (χ4n) is 4.98. The van der Waals surface area contributed by atoms with E-state index in [-0.39, 0.29) is 0 Å². The molecule has 33 heavy (non-hydrogen) atoms. The average molecular weight is 471 g/mol. The molecule has 2 aromatic rings. The Morgan fingerprint density at radius 3 is 2.18 bits per heavy atom. The van der Waals surface area contributed by atoms with E-state index in [0.717, 1.165) is 44.3 Å². The zero-order valence-electron chi connectivity index (χ0n) is 20.4. The van der Waals surface area contributed by atoms with Crippen molar-refractivity contribution in [2.24, 2.45) is 5.92 Å². The van der Waals surface area contributed by atoms with Gasteiger partial charge in [0.2, 0.25) is 0 Å². The molecule has 2 fully saturated rings. The van der Waals surface area contributed by atoms with Crippen LogP contribution in [0.25, 0.3) is 11.1 Å². The highest BCUT2D eigenvalue weighted by atomic mass is 32.2. The van der Waals surface area contributed by atoms with Gasteiger partial charge in [-0.25, -0.2) is 8.70 Å². The molecule has 0 aromatic heterocycles. The Morgan fingerprint density at radius 1 is 0.939 bits per heavy atom. The highest BCUT2D eigenvalue weighted by molar-refractivity contribution is 7.97. The lowest BCUT2D eigenvalue weighted by molar-refractivity contribution is 0.0836. The summed E-state index contributed by atoms with van der Waals surface area (Å²) in [4.78, 5) is 3.56. The van der Waals surface area contributed by atoms with Gasteiger partial charge >= 0.3 is 0 Å². The van der Waals surface area contributed by atoms with E-state index in [2.05, 4.69) is 64.7 Å². The number of alkyl halides is 1. The number of rotatable bonds is 9. The molecule has 0 N–H and O–H groups in total. The molecule has 2 aliphatic heterocycles. The number of ether oxygens (including phenoxy) is 1. The Balaban J connectivity index is 1.24. The van der Waals surface area contributed by atoms with Crippen LogP contribution in [0.5, 0.6) is 5.75 Å². The molecule has 2 heterocycles. The lowest BCUT2D eigenvalue weighted by Gasteiger charge is -2.34. The Hall–Kier alpha value is -1.56. The number of hydrogen-bond acceptors (Lipinski definition) is 4. The summed E-state index contributed by atoms with van der Waals surface area (Å²) in [5, 5.41) is 0. The van der Waals surface area contributed by atoms with Crippen molar-refractivity contribution >= 4 is 11.9 Å². The van der Waals surface area contributed by atoms with Crippen molar-refractivity contribution in [2.45, 2.75) is 69.5 Å². The van der Waals surface area contributed by atoms with Crippen molar-refractivity contribution in [1.82, 2.24) is 9.21 Å². The lowest BCUT2D eigenvalue weighted by atomic mass is 9.97. The van der Waals surface area contributed by atoms with Crippen LogP contribution < -0.4 is 4.74 Å². The maximum Gasteiger partial charge on any atom is 0.119 e. The van der Waals surface area contributed by atoms with Crippen LogP contribution in [0.15, 0.2) is 53.4 Å². The SMILES string of the molecule is CCC1CCCN1Sc1ccc(-c2ccc(OCC3CCN(CC(C)(C)F)CC3)cc2)cc1. The van der Waals surface area contributed by atoms with E-state index in [4.69, 9.17) is 4.74 Å². The van der Waals surface area contributed by atoms with Crippen LogP contribution >= 0.6 is 11.9 Å². The van der Waals surface area contributed by atoms with Crippen molar-refractivity contribution in [3.05, 3.63) is 48.5 Å². The molecule has 0 amide bonds. The van der Waals surface area contributed by atoms with Gasteiger partial charge in [-0.15, -0.1) is 0 Å². The number of piperidine rings is 1. The lowest BCUT2D eigenvalue weighted by Crippen LogP contribution is -2.41. The predicted octanol–water partition coefficient (Wildman–Crippen LogP) is 7.07. The van der Waals surface area contributed by atoms with Crippen LogP contribution in [0.2, 0.25) is 0 Å². The van der Waals surface area contributed by atoms with Gasteiger partial charge in [-0.2, -0.15) is 0 Å². The zero-order valence-corrected chi connectivity index (χ0v) is 21.2. The molecule has 2 aromatic carbocycles. The molecule has 3 nitrogen and oxygen atoms in total. The zero-order chi connectivity index (χ0) is 23.3. The van der Waals surface area contributed by atoms with E-state index in [9.17, 15) is 4.39 Å². The Kier molecular flexibility index (Phi) is 8.37. The van der Waals surface area contributed by atoms with Crippen molar-refractivity contribution < 1.29 is 9.13 Å². The highest BCUT2D eigenvalue weighted by Gasteiger charge is 2.26. The summed E-state index contributed by atoms with van der Waals surface area (Å²) in [6.07, 6.45) is 6.03. The van der Waals surface area contributed by atoms with E-state index in [0.29, 0.717) is 12.5 Å². The second-order valence-electron chi connectivity index (χ2n) is 10.2. The summed E-state index contributed by atoms with van der Waals surface area (Å²) < 4.78 is 22.5. The third-order valence-electron chi connectivity index (χ3n) is 6.85. The molecule has 0 saturated carbocycles.